The first-order valence-corrected chi connectivity index (χ1v) is 18.5. The molecule has 1 atom stereocenters. The van der Waals surface area contributed by atoms with Gasteiger partial charge in [-0.25, -0.2) is 0 Å². The number of carbonyl (C=O) groups is 2. The van der Waals surface area contributed by atoms with Crippen molar-refractivity contribution in [1.29, 1.82) is 0 Å². The van der Waals surface area contributed by atoms with Crippen molar-refractivity contribution in [1.82, 2.24) is 10.2 Å². The summed E-state index contributed by atoms with van der Waals surface area (Å²) in [5, 5.41) is 20.6. The Hall–Kier alpha value is -4.35. The normalized spacial score (nSPS) is 15.5. The Morgan fingerprint density at radius 2 is 1.61 bits per heavy atom. The quantitative estimate of drug-likeness (QED) is 0.0288. The van der Waals surface area contributed by atoms with Crippen LogP contribution in [0.2, 0.25) is 0 Å². The van der Waals surface area contributed by atoms with Crippen molar-refractivity contribution in [3.05, 3.63) is 94.6 Å². The number of rotatable bonds is 17. The van der Waals surface area contributed by atoms with Crippen molar-refractivity contribution in [3.8, 4) is 17.2 Å². The van der Waals surface area contributed by atoms with Crippen LogP contribution >= 0.6 is 23.1 Å². The van der Waals surface area contributed by atoms with E-state index in [2.05, 4.69) is 48.3 Å². The number of aliphatic hydroxyl groups is 1. The summed E-state index contributed by atoms with van der Waals surface area (Å²) in [5.74, 6) is 0.438. The highest BCUT2D eigenvalue weighted by Gasteiger charge is 2.48. The summed E-state index contributed by atoms with van der Waals surface area (Å²) in [6.45, 7) is 7.42. The molecule has 3 aromatic carbocycles. The van der Waals surface area contributed by atoms with Gasteiger partial charge in [-0.05, 0) is 67.3 Å². The second-order valence-corrected chi connectivity index (χ2v) is 14.0. The molecule has 9 nitrogen and oxygen atoms in total. The van der Waals surface area contributed by atoms with E-state index >= 15 is 0 Å². The minimum absolute atomic E-state index is 0.0519. The lowest BCUT2D eigenvalue weighted by molar-refractivity contribution is -0.132. The lowest BCUT2D eigenvalue weighted by Gasteiger charge is -2.23. The van der Waals surface area contributed by atoms with Crippen molar-refractivity contribution < 1.29 is 28.9 Å². The van der Waals surface area contributed by atoms with Crippen molar-refractivity contribution in [2.75, 3.05) is 25.2 Å². The minimum Gasteiger partial charge on any atom is -0.507 e. The van der Waals surface area contributed by atoms with E-state index < -0.39 is 17.7 Å². The molecule has 49 heavy (non-hydrogen) atoms. The van der Waals surface area contributed by atoms with Gasteiger partial charge in [-0.15, -0.1) is 10.2 Å². The number of anilines is 1. The van der Waals surface area contributed by atoms with Gasteiger partial charge in [-0.3, -0.25) is 14.5 Å². The molecule has 11 heteroatoms. The van der Waals surface area contributed by atoms with E-state index in [-0.39, 0.29) is 16.5 Å². The molecule has 0 bridgehead atoms. The number of hydrogen-bond donors (Lipinski definition) is 1. The fraction of sp³-hybridized carbons (Fsp3) is 0.368. The van der Waals surface area contributed by atoms with Gasteiger partial charge in [-0.2, -0.15) is 0 Å². The number of aromatic nitrogens is 2. The van der Waals surface area contributed by atoms with Crippen LogP contribution in [0.1, 0.15) is 80.7 Å². The standard InChI is InChI=1S/C38H43N3O6S2/c1-5-7-9-10-22-47-30-20-17-28(23-31(30)45-4)33-32(34(42)27-15-18-29(19-16-27)46-21-8-6-2)35(43)36(44)41(33)37-39-40-38(49-37)48-24-26-13-11-25(3)12-14-26/h11-20,23,33,42H,5-10,21-22,24H2,1-4H3. The molecule has 1 aliphatic heterocycles. The largest absolute Gasteiger partial charge is 0.507 e. The number of carbonyl (C=O) groups excluding carboxylic acids is 2. The van der Waals surface area contributed by atoms with Crippen LogP contribution in [0, 0.1) is 6.92 Å². The van der Waals surface area contributed by atoms with E-state index in [0.29, 0.717) is 51.7 Å². The van der Waals surface area contributed by atoms with E-state index in [4.69, 9.17) is 14.2 Å². The molecule has 5 rings (SSSR count). The Balaban J connectivity index is 1.49. The molecular formula is C38H43N3O6S2. The first-order chi connectivity index (χ1) is 23.8. The molecule has 1 aromatic heterocycles. The van der Waals surface area contributed by atoms with Gasteiger partial charge in [0.2, 0.25) is 5.13 Å². The van der Waals surface area contributed by atoms with E-state index in [0.717, 1.165) is 44.1 Å². The highest BCUT2D eigenvalue weighted by molar-refractivity contribution is 8.00. The molecule has 0 aliphatic carbocycles. The van der Waals surface area contributed by atoms with Gasteiger partial charge in [-0.1, -0.05) is 98.5 Å². The number of aryl methyl sites for hydroxylation is 1. The number of amides is 1. The number of nitrogens with zero attached hydrogens (tertiary/aromatic N) is 3. The fourth-order valence-corrected chi connectivity index (χ4v) is 7.24. The number of unbranched alkanes of at least 4 members (excludes halogenated alkanes) is 4. The number of aliphatic hydroxyl groups excluding tert-OH is 1. The third-order valence-electron chi connectivity index (χ3n) is 8.18. The average Bonchev–Trinajstić information content (AvgIpc) is 3.69. The maximum atomic E-state index is 13.8. The van der Waals surface area contributed by atoms with Crippen LogP contribution < -0.4 is 19.1 Å². The summed E-state index contributed by atoms with van der Waals surface area (Å²) in [6, 6.07) is 19.4. The van der Waals surface area contributed by atoms with E-state index in [1.165, 1.54) is 33.6 Å². The smallest absolute Gasteiger partial charge is 0.301 e. The fourth-order valence-electron chi connectivity index (χ4n) is 5.42. The van der Waals surface area contributed by atoms with Gasteiger partial charge < -0.3 is 19.3 Å². The van der Waals surface area contributed by atoms with Gasteiger partial charge in [0.15, 0.2) is 15.8 Å². The topological polar surface area (TPSA) is 111 Å². The summed E-state index contributed by atoms with van der Waals surface area (Å²) in [6.07, 6.45) is 6.21. The summed E-state index contributed by atoms with van der Waals surface area (Å²) in [7, 11) is 1.55. The zero-order chi connectivity index (χ0) is 34.8. The second-order valence-electron chi connectivity index (χ2n) is 11.8. The molecule has 1 saturated heterocycles. The second kappa shape index (κ2) is 17.3. The lowest BCUT2D eigenvalue weighted by atomic mass is 9.95. The van der Waals surface area contributed by atoms with E-state index in [1.54, 1.807) is 49.6 Å². The van der Waals surface area contributed by atoms with Gasteiger partial charge in [0.1, 0.15) is 11.5 Å². The summed E-state index contributed by atoms with van der Waals surface area (Å²) >= 11 is 2.73. The molecule has 1 fully saturated rings. The number of thioether (sulfide) groups is 1. The highest BCUT2D eigenvalue weighted by Crippen LogP contribution is 2.45. The van der Waals surface area contributed by atoms with Crippen LogP contribution in [0.3, 0.4) is 0 Å². The molecule has 0 radical (unpaired) electrons. The number of ether oxygens (including phenoxy) is 3. The first-order valence-electron chi connectivity index (χ1n) is 16.7. The summed E-state index contributed by atoms with van der Waals surface area (Å²) in [5.41, 5.74) is 3.20. The maximum absolute atomic E-state index is 13.8. The van der Waals surface area contributed by atoms with E-state index in [9.17, 15) is 14.7 Å². The summed E-state index contributed by atoms with van der Waals surface area (Å²) in [4.78, 5) is 28.9. The van der Waals surface area contributed by atoms with Gasteiger partial charge in [0, 0.05) is 11.3 Å². The third-order valence-corrected chi connectivity index (χ3v) is 10.3. The van der Waals surface area contributed by atoms with Crippen molar-refractivity contribution >= 4 is 45.7 Å². The van der Waals surface area contributed by atoms with Gasteiger partial charge in [0.25, 0.3) is 5.78 Å². The van der Waals surface area contributed by atoms with Gasteiger partial charge in [0.05, 0.1) is 31.9 Å². The number of methoxy groups -OCH3 is 1. The Kier molecular flexibility index (Phi) is 12.7. The van der Waals surface area contributed by atoms with Crippen LogP contribution in [0.5, 0.6) is 17.2 Å². The number of hydrogen-bond acceptors (Lipinski definition) is 10. The monoisotopic (exact) mass is 701 g/mol. The van der Waals surface area contributed by atoms with Crippen LogP contribution in [0.4, 0.5) is 5.13 Å². The number of ketones is 1. The predicted octanol–water partition coefficient (Wildman–Crippen LogP) is 8.91. The molecule has 1 amide bonds. The van der Waals surface area contributed by atoms with Crippen molar-refractivity contribution in [3.63, 3.8) is 0 Å². The molecular weight excluding hydrogens is 659 g/mol. The maximum Gasteiger partial charge on any atom is 0.301 e. The van der Waals surface area contributed by atoms with E-state index in [1.807, 2.05) is 6.92 Å². The molecule has 1 aliphatic rings. The first kappa shape index (κ1) is 35.9. The Bertz CT molecular complexity index is 1750. The van der Waals surface area contributed by atoms with Crippen LogP contribution in [0.15, 0.2) is 76.6 Å². The molecule has 2 heterocycles. The number of Topliss-reactive ketones (excluding diaryl/α,β-unsaturated/α-hetero) is 1. The summed E-state index contributed by atoms with van der Waals surface area (Å²) < 4.78 is 18.2. The molecule has 0 saturated carbocycles. The van der Waals surface area contributed by atoms with Crippen LogP contribution in [-0.4, -0.2) is 47.3 Å². The number of benzene rings is 3. The van der Waals surface area contributed by atoms with Crippen molar-refractivity contribution in [2.45, 2.75) is 75.4 Å². The third kappa shape index (κ3) is 8.82. The SMILES string of the molecule is CCCCCCOc1ccc(C2C(=C(O)c3ccc(OCCCC)cc3)C(=O)C(=O)N2c2nnc(SCc3ccc(C)cc3)s2)cc1OC. The van der Waals surface area contributed by atoms with Crippen LogP contribution in [-0.2, 0) is 15.3 Å². The lowest BCUT2D eigenvalue weighted by Crippen LogP contribution is -2.29. The predicted molar refractivity (Wildman–Crippen MR) is 195 cm³/mol. The molecule has 258 valence electrons. The average molecular weight is 702 g/mol. The Morgan fingerprint density at radius 3 is 2.33 bits per heavy atom. The minimum atomic E-state index is -0.990. The van der Waals surface area contributed by atoms with Crippen LogP contribution in [0.25, 0.3) is 5.76 Å². The van der Waals surface area contributed by atoms with Crippen molar-refractivity contribution in [2.24, 2.45) is 0 Å². The van der Waals surface area contributed by atoms with Gasteiger partial charge >= 0.3 is 5.91 Å². The zero-order valence-electron chi connectivity index (χ0n) is 28.4. The molecule has 1 unspecified atom stereocenters. The Morgan fingerprint density at radius 1 is 0.878 bits per heavy atom. The zero-order valence-corrected chi connectivity index (χ0v) is 30.1. The Labute approximate surface area is 296 Å². The molecule has 0 spiro atoms. The molecule has 1 N–H and O–H groups in total. The molecule has 4 aromatic rings. The highest BCUT2D eigenvalue weighted by atomic mass is 32.2.